The number of rotatable bonds is 16. The van der Waals surface area contributed by atoms with Crippen LogP contribution in [0.5, 0.6) is 23.0 Å². The number of halogens is 2. The zero-order chi connectivity index (χ0) is 36.9. The van der Waals surface area contributed by atoms with Gasteiger partial charge < -0.3 is 18.9 Å². The number of aryl methyl sites for hydroxylation is 2. The molecule has 2 aromatic heterocycles. The van der Waals surface area contributed by atoms with E-state index in [9.17, 15) is 25.6 Å². The maximum Gasteiger partial charge on any atom is 0.159 e. The van der Waals surface area contributed by atoms with E-state index < -0.39 is 43.1 Å². The third kappa shape index (κ3) is 12.5. The summed E-state index contributed by atoms with van der Waals surface area (Å²) in [4.78, 5) is 15.4. The Morgan fingerprint density at radius 2 is 0.920 bits per heavy atom. The number of sulfone groups is 2. The molecule has 4 aromatic rings. The van der Waals surface area contributed by atoms with Gasteiger partial charge in [0.05, 0.1) is 76.2 Å². The molecule has 50 heavy (non-hydrogen) atoms. The number of ether oxygens (including phenoxy) is 4. The van der Waals surface area contributed by atoms with Crippen LogP contribution >= 0.6 is 0 Å². The molecule has 0 unspecified atom stereocenters. The summed E-state index contributed by atoms with van der Waals surface area (Å²) >= 11 is 0. The molecule has 4 rings (SSSR count). The maximum absolute atomic E-state index is 12.9. The van der Waals surface area contributed by atoms with Gasteiger partial charge in [-0.2, -0.15) is 0 Å². The fraction of sp³-hybridized carbons (Fsp3) is 0.412. The molecular formula is C34H42F2N4O8S2. The standard InChI is InChI=1S/2C17H21FN2O4S/c2*1-12(17-19-9-14(18)10-20-17)11-25(21,22)7-6-13-4-5-15(23-2)8-16(13)24-3/h2*4-5,8-10,12H,6-7,11H2,1-3H3/t2*12-/m10/s1. The Hall–Kier alpha value is -4.44. The molecule has 2 heterocycles. The van der Waals surface area contributed by atoms with Crippen molar-refractivity contribution in [2.45, 2.75) is 38.5 Å². The predicted molar refractivity (Wildman–Crippen MR) is 185 cm³/mol. The van der Waals surface area contributed by atoms with Crippen molar-refractivity contribution in [1.29, 1.82) is 0 Å². The first-order chi connectivity index (χ1) is 23.7. The van der Waals surface area contributed by atoms with Gasteiger partial charge in [0.1, 0.15) is 34.6 Å². The lowest BCUT2D eigenvalue weighted by atomic mass is 10.1. The molecule has 0 saturated heterocycles. The second-order valence-corrected chi connectivity index (χ2v) is 15.9. The van der Waals surface area contributed by atoms with Gasteiger partial charge in [-0.3, -0.25) is 0 Å². The highest BCUT2D eigenvalue weighted by Crippen LogP contribution is 2.27. The largest absolute Gasteiger partial charge is 0.497 e. The minimum atomic E-state index is -3.34. The summed E-state index contributed by atoms with van der Waals surface area (Å²) in [6.07, 6.45) is 4.79. The zero-order valence-electron chi connectivity index (χ0n) is 28.8. The van der Waals surface area contributed by atoms with Gasteiger partial charge in [0.2, 0.25) is 0 Å². The molecular weight excluding hydrogens is 695 g/mol. The minimum absolute atomic E-state index is 0.0266. The first-order valence-electron chi connectivity index (χ1n) is 15.5. The Bertz CT molecular complexity index is 1760. The summed E-state index contributed by atoms with van der Waals surface area (Å²) in [5.41, 5.74) is 1.58. The van der Waals surface area contributed by atoms with Crippen LogP contribution in [0.1, 0.15) is 48.5 Å². The molecule has 2 atom stereocenters. The molecule has 0 fully saturated rings. The van der Waals surface area contributed by atoms with Crippen LogP contribution in [0.2, 0.25) is 0 Å². The van der Waals surface area contributed by atoms with Gasteiger partial charge in [0.15, 0.2) is 31.3 Å². The average molecular weight is 737 g/mol. The van der Waals surface area contributed by atoms with Crippen molar-refractivity contribution in [3.8, 4) is 23.0 Å². The van der Waals surface area contributed by atoms with Crippen molar-refractivity contribution in [2.75, 3.05) is 51.5 Å². The Morgan fingerprint density at radius 3 is 1.22 bits per heavy atom. The van der Waals surface area contributed by atoms with Gasteiger partial charge in [0.25, 0.3) is 0 Å². The van der Waals surface area contributed by atoms with E-state index >= 15 is 0 Å². The summed E-state index contributed by atoms with van der Waals surface area (Å²) < 4.78 is 96.1. The molecule has 12 nitrogen and oxygen atoms in total. The van der Waals surface area contributed by atoms with E-state index in [0.717, 1.165) is 35.9 Å². The quantitative estimate of drug-likeness (QED) is 0.155. The fourth-order valence-electron chi connectivity index (χ4n) is 4.88. The summed E-state index contributed by atoms with van der Waals surface area (Å²) in [6, 6.07) is 10.5. The molecule has 0 saturated carbocycles. The highest BCUT2D eigenvalue weighted by molar-refractivity contribution is 7.91. The van der Waals surface area contributed by atoms with Crippen LogP contribution in [0.4, 0.5) is 8.78 Å². The lowest BCUT2D eigenvalue weighted by molar-refractivity contribution is 0.391. The van der Waals surface area contributed by atoms with Crippen molar-refractivity contribution in [3.05, 3.63) is 95.6 Å². The molecule has 0 aliphatic rings. The van der Waals surface area contributed by atoms with Gasteiger partial charge in [-0.25, -0.2) is 45.6 Å². The average Bonchev–Trinajstić information content (AvgIpc) is 3.10. The number of nitrogens with zero attached hydrogens (tertiary/aromatic N) is 4. The van der Waals surface area contributed by atoms with Gasteiger partial charge in [-0.05, 0) is 36.1 Å². The maximum atomic E-state index is 12.9. The number of benzene rings is 2. The molecule has 0 aliphatic heterocycles. The van der Waals surface area contributed by atoms with Crippen LogP contribution in [0.25, 0.3) is 0 Å². The van der Waals surface area contributed by atoms with E-state index in [1.165, 1.54) is 14.2 Å². The van der Waals surface area contributed by atoms with Crippen LogP contribution in [0.3, 0.4) is 0 Å². The Kier molecular flexibility index (Phi) is 14.8. The highest BCUT2D eigenvalue weighted by atomic mass is 32.2. The van der Waals surface area contributed by atoms with Crippen molar-refractivity contribution in [1.82, 2.24) is 19.9 Å². The van der Waals surface area contributed by atoms with Crippen molar-refractivity contribution >= 4 is 19.7 Å². The van der Waals surface area contributed by atoms with E-state index in [4.69, 9.17) is 18.9 Å². The highest BCUT2D eigenvalue weighted by Gasteiger charge is 2.21. The SMILES string of the molecule is COc1ccc(CCS(=O)(=O)C[C@@H](C)c2ncc(F)cn2)c(OC)c1.COc1ccc(CCS(=O)(=O)C[C@H](C)c2ncc(F)cn2)c(OC)c1. The topological polar surface area (TPSA) is 157 Å². The molecule has 0 spiro atoms. The second-order valence-electron chi connectivity index (χ2n) is 11.4. The summed E-state index contributed by atoms with van der Waals surface area (Å²) in [6.45, 7) is 3.41. The third-order valence-electron chi connectivity index (χ3n) is 7.52. The van der Waals surface area contributed by atoms with Crippen molar-refractivity contribution in [3.63, 3.8) is 0 Å². The monoisotopic (exact) mass is 736 g/mol. The number of hydrogen-bond acceptors (Lipinski definition) is 12. The van der Waals surface area contributed by atoms with Crippen LogP contribution in [-0.2, 0) is 32.5 Å². The summed E-state index contributed by atoms with van der Waals surface area (Å²) in [5, 5.41) is 0. The van der Waals surface area contributed by atoms with Gasteiger partial charge >= 0.3 is 0 Å². The molecule has 16 heteroatoms. The molecule has 0 bridgehead atoms. The third-order valence-corrected chi connectivity index (χ3v) is 11.2. The van der Waals surface area contributed by atoms with E-state index in [0.29, 0.717) is 47.5 Å². The number of hydrogen-bond donors (Lipinski definition) is 0. The molecule has 0 aliphatic carbocycles. The Balaban J connectivity index is 0.000000270. The lowest BCUT2D eigenvalue weighted by Gasteiger charge is -2.13. The van der Waals surface area contributed by atoms with Crippen LogP contribution in [-0.4, -0.2) is 88.2 Å². The van der Waals surface area contributed by atoms with Crippen LogP contribution in [0, 0.1) is 11.6 Å². The fourth-order valence-corrected chi connectivity index (χ4v) is 8.10. The molecule has 272 valence electrons. The molecule has 0 radical (unpaired) electrons. The lowest BCUT2D eigenvalue weighted by Crippen LogP contribution is -2.19. The first-order valence-corrected chi connectivity index (χ1v) is 19.1. The minimum Gasteiger partial charge on any atom is -0.497 e. The summed E-state index contributed by atoms with van der Waals surface area (Å²) in [7, 11) is -0.513. The van der Waals surface area contributed by atoms with Crippen LogP contribution in [0.15, 0.2) is 61.2 Å². The zero-order valence-corrected chi connectivity index (χ0v) is 30.4. The van der Waals surface area contributed by atoms with Crippen molar-refractivity contribution < 1.29 is 44.6 Å². The van der Waals surface area contributed by atoms with Gasteiger partial charge in [-0.15, -0.1) is 0 Å². The van der Waals surface area contributed by atoms with Crippen molar-refractivity contribution in [2.24, 2.45) is 0 Å². The van der Waals surface area contributed by atoms with E-state index in [2.05, 4.69) is 19.9 Å². The second kappa shape index (κ2) is 18.5. The van der Waals surface area contributed by atoms with E-state index in [1.54, 1.807) is 64.5 Å². The number of aromatic nitrogens is 4. The molecule has 0 amide bonds. The molecule has 2 aromatic carbocycles. The van der Waals surface area contributed by atoms with E-state index in [-0.39, 0.29) is 23.0 Å². The molecule has 0 N–H and O–H groups in total. The van der Waals surface area contributed by atoms with Crippen LogP contribution < -0.4 is 18.9 Å². The van der Waals surface area contributed by atoms with E-state index in [1.807, 2.05) is 0 Å². The Morgan fingerprint density at radius 1 is 0.580 bits per heavy atom. The number of methoxy groups -OCH3 is 4. The van der Waals surface area contributed by atoms with Gasteiger partial charge in [0, 0.05) is 24.0 Å². The normalized spacial score (nSPS) is 12.6. The van der Waals surface area contributed by atoms with Gasteiger partial charge in [-0.1, -0.05) is 26.0 Å². The smallest absolute Gasteiger partial charge is 0.159 e. The first kappa shape index (κ1) is 40.0. The Labute approximate surface area is 292 Å². The summed E-state index contributed by atoms with van der Waals surface area (Å²) in [5.74, 6) is 0.906. The predicted octanol–water partition coefficient (Wildman–Crippen LogP) is 4.79.